The second kappa shape index (κ2) is 3.60. The number of carbonyl (C=O) groups excluding carboxylic acids is 1. The van der Waals surface area contributed by atoms with Gasteiger partial charge in [-0.15, -0.1) is 0 Å². The fraction of sp³-hybridized carbons (Fsp3) is 0.188. The predicted octanol–water partition coefficient (Wildman–Crippen LogP) is 2.49. The van der Waals surface area contributed by atoms with Crippen molar-refractivity contribution in [2.45, 2.75) is 12.0 Å². The van der Waals surface area contributed by atoms with Crippen LogP contribution in [0.5, 0.6) is 0 Å². The van der Waals surface area contributed by atoms with Crippen LogP contribution < -0.4 is 10.6 Å². The van der Waals surface area contributed by atoms with Crippen molar-refractivity contribution < 1.29 is 4.79 Å². The monoisotopic (exact) mass is 250 g/mol. The lowest BCUT2D eigenvalue weighted by Crippen LogP contribution is -2.44. The van der Waals surface area contributed by atoms with Crippen molar-refractivity contribution in [3.8, 4) is 0 Å². The van der Waals surface area contributed by atoms with E-state index in [9.17, 15) is 4.79 Å². The first-order chi connectivity index (χ1) is 9.31. The number of para-hydroxylation sites is 1. The number of carbonyl (C=O) groups is 1. The van der Waals surface area contributed by atoms with E-state index in [1.165, 1.54) is 5.56 Å². The van der Waals surface area contributed by atoms with Gasteiger partial charge in [-0.05, 0) is 24.1 Å². The summed E-state index contributed by atoms with van der Waals surface area (Å²) in [5.41, 5.74) is 3.84. The minimum absolute atomic E-state index is 0.0345. The van der Waals surface area contributed by atoms with E-state index < -0.39 is 0 Å². The van der Waals surface area contributed by atoms with Gasteiger partial charge < -0.3 is 10.6 Å². The molecule has 2 N–H and O–H groups in total. The van der Waals surface area contributed by atoms with Gasteiger partial charge in [-0.1, -0.05) is 36.4 Å². The van der Waals surface area contributed by atoms with Crippen molar-refractivity contribution in [3.05, 3.63) is 65.2 Å². The Kier molecular flexibility index (Phi) is 2.01. The SMILES string of the molecule is O=C1N[C@]2(CCNc3ccccc32)c2ccccc21. The molecule has 2 aliphatic rings. The number of amides is 1. The fourth-order valence-electron chi connectivity index (χ4n) is 3.32. The molecule has 0 aliphatic carbocycles. The smallest absolute Gasteiger partial charge is 0.252 e. The number of fused-ring (bicyclic) bond motifs is 4. The number of rotatable bonds is 0. The maximum atomic E-state index is 12.2. The Morgan fingerprint density at radius 2 is 1.68 bits per heavy atom. The number of hydrogen-bond acceptors (Lipinski definition) is 2. The molecule has 0 fully saturated rings. The molecule has 2 aromatic rings. The second-order valence-electron chi connectivity index (χ2n) is 5.13. The highest BCUT2D eigenvalue weighted by Gasteiger charge is 2.46. The van der Waals surface area contributed by atoms with Crippen LogP contribution in [0.3, 0.4) is 0 Å². The van der Waals surface area contributed by atoms with Crippen LogP contribution in [0.25, 0.3) is 0 Å². The van der Waals surface area contributed by atoms with E-state index in [1.54, 1.807) is 0 Å². The molecule has 3 nitrogen and oxygen atoms in total. The third-order valence-corrected chi connectivity index (χ3v) is 4.16. The summed E-state index contributed by atoms with van der Waals surface area (Å²) in [7, 11) is 0. The Morgan fingerprint density at radius 3 is 2.58 bits per heavy atom. The third-order valence-electron chi connectivity index (χ3n) is 4.16. The summed E-state index contributed by atoms with van der Waals surface area (Å²) in [5, 5.41) is 6.62. The van der Waals surface area contributed by atoms with Crippen molar-refractivity contribution in [1.29, 1.82) is 0 Å². The van der Waals surface area contributed by atoms with Crippen LogP contribution in [-0.2, 0) is 5.54 Å². The third kappa shape index (κ3) is 1.30. The summed E-state index contributed by atoms with van der Waals surface area (Å²) in [4.78, 5) is 12.2. The lowest BCUT2D eigenvalue weighted by molar-refractivity contribution is 0.0938. The van der Waals surface area contributed by atoms with Crippen molar-refractivity contribution in [1.82, 2.24) is 5.32 Å². The molecule has 0 radical (unpaired) electrons. The van der Waals surface area contributed by atoms with Gasteiger partial charge in [0.05, 0.1) is 5.54 Å². The van der Waals surface area contributed by atoms with Gasteiger partial charge in [0.25, 0.3) is 5.91 Å². The van der Waals surface area contributed by atoms with Crippen molar-refractivity contribution >= 4 is 11.6 Å². The quantitative estimate of drug-likeness (QED) is 0.754. The molecule has 1 spiro atoms. The molecule has 1 amide bonds. The van der Waals surface area contributed by atoms with Crippen LogP contribution in [0.15, 0.2) is 48.5 Å². The molecule has 4 rings (SSSR count). The summed E-state index contributed by atoms with van der Waals surface area (Å²) in [6, 6.07) is 16.1. The summed E-state index contributed by atoms with van der Waals surface area (Å²) in [6.45, 7) is 0.867. The first-order valence-corrected chi connectivity index (χ1v) is 6.57. The van der Waals surface area contributed by atoms with Crippen LogP contribution in [-0.4, -0.2) is 12.5 Å². The molecule has 0 saturated carbocycles. The molecule has 94 valence electrons. The Balaban J connectivity index is 2.01. The predicted molar refractivity (Wildman–Crippen MR) is 74.2 cm³/mol. The number of benzene rings is 2. The first kappa shape index (κ1) is 10.6. The summed E-state index contributed by atoms with van der Waals surface area (Å²) < 4.78 is 0. The number of hydrogen-bond donors (Lipinski definition) is 2. The van der Waals surface area contributed by atoms with Crippen LogP contribution in [0.4, 0.5) is 5.69 Å². The Labute approximate surface area is 111 Å². The molecule has 0 bridgehead atoms. The highest BCUT2D eigenvalue weighted by Crippen LogP contribution is 2.44. The van der Waals surface area contributed by atoms with Gasteiger partial charge >= 0.3 is 0 Å². The Morgan fingerprint density at radius 1 is 0.947 bits per heavy atom. The van der Waals surface area contributed by atoms with Gasteiger partial charge in [0.2, 0.25) is 0 Å². The maximum absolute atomic E-state index is 12.2. The van der Waals surface area contributed by atoms with Gasteiger partial charge in [0, 0.05) is 23.4 Å². The lowest BCUT2D eigenvalue weighted by atomic mass is 9.78. The molecule has 3 heteroatoms. The van der Waals surface area contributed by atoms with Gasteiger partial charge in [0.1, 0.15) is 0 Å². The van der Waals surface area contributed by atoms with Gasteiger partial charge in [0.15, 0.2) is 0 Å². The molecular weight excluding hydrogens is 236 g/mol. The summed E-state index contributed by atoms with van der Waals surface area (Å²) in [6.07, 6.45) is 0.882. The largest absolute Gasteiger partial charge is 0.385 e. The van der Waals surface area contributed by atoms with Gasteiger partial charge in [-0.3, -0.25) is 4.79 Å². The normalized spacial score (nSPS) is 23.5. The van der Waals surface area contributed by atoms with E-state index in [0.717, 1.165) is 29.8 Å². The van der Waals surface area contributed by atoms with Gasteiger partial charge in [-0.2, -0.15) is 0 Å². The summed E-state index contributed by atoms with van der Waals surface area (Å²) in [5.74, 6) is 0.0345. The lowest BCUT2D eigenvalue weighted by Gasteiger charge is -2.37. The van der Waals surface area contributed by atoms with E-state index in [-0.39, 0.29) is 11.4 Å². The second-order valence-corrected chi connectivity index (χ2v) is 5.13. The van der Waals surface area contributed by atoms with Crippen molar-refractivity contribution in [2.24, 2.45) is 0 Å². The van der Waals surface area contributed by atoms with Crippen LogP contribution in [0, 0.1) is 0 Å². The zero-order valence-corrected chi connectivity index (χ0v) is 10.4. The summed E-state index contributed by atoms with van der Waals surface area (Å²) >= 11 is 0. The molecule has 1 atom stereocenters. The van der Waals surface area contributed by atoms with E-state index in [4.69, 9.17) is 0 Å². The zero-order chi connectivity index (χ0) is 12.9. The average Bonchev–Trinajstić information content (AvgIpc) is 2.74. The van der Waals surface area contributed by atoms with Crippen LogP contribution in [0.1, 0.15) is 27.9 Å². The van der Waals surface area contributed by atoms with Gasteiger partial charge in [-0.25, -0.2) is 0 Å². The van der Waals surface area contributed by atoms with Crippen LogP contribution >= 0.6 is 0 Å². The van der Waals surface area contributed by atoms with Crippen LogP contribution in [0.2, 0.25) is 0 Å². The highest BCUT2D eigenvalue weighted by atomic mass is 16.2. The topological polar surface area (TPSA) is 41.1 Å². The molecule has 2 aromatic carbocycles. The van der Waals surface area contributed by atoms with E-state index >= 15 is 0 Å². The highest BCUT2D eigenvalue weighted by molar-refractivity contribution is 6.01. The Hall–Kier alpha value is -2.29. The van der Waals surface area contributed by atoms with Crippen molar-refractivity contribution in [3.63, 3.8) is 0 Å². The molecule has 2 aliphatic heterocycles. The minimum Gasteiger partial charge on any atom is -0.385 e. The molecule has 0 unspecified atom stereocenters. The van der Waals surface area contributed by atoms with E-state index in [2.05, 4.69) is 28.8 Å². The number of anilines is 1. The standard InChI is InChI=1S/C16H14N2O/c19-15-11-5-1-2-6-12(11)16(18-15)9-10-17-14-8-4-3-7-13(14)16/h1-8,17H,9-10H2,(H,18,19)/t16-/m1/s1. The number of nitrogens with one attached hydrogen (secondary N) is 2. The minimum atomic E-state index is -0.352. The Bertz CT molecular complexity index is 680. The zero-order valence-electron chi connectivity index (χ0n) is 10.4. The average molecular weight is 250 g/mol. The fourth-order valence-corrected chi connectivity index (χ4v) is 3.32. The molecule has 19 heavy (non-hydrogen) atoms. The molecule has 2 heterocycles. The maximum Gasteiger partial charge on any atom is 0.252 e. The van der Waals surface area contributed by atoms with E-state index in [0.29, 0.717) is 0 Å². The molecule has 0 aromatic heterocycles. The van der Waals surface area contributed by atoms with E-state index in [1.807, 2.05) is 30.3 Å². The first-order valence-electron chi connectivity index (χ1n) is 6.57. The molecular formula is C16H14N2O. The van der Waals surface area contributed by atoms with Crippen molar-refractivity contribution in [2.75, 3.05) is 11.9 Å². The molecule has 0 saturated heterocycles.